The number of rotatable bonds is 5. The Balaban J connectivity index is 2.34. The van der Waals surface area contributed by atoms with E-state index in [9.17, 15) is 24.6 Å². The van der Waals surface area contributed by atoms with Gasteiger partial charge in [0.15, 0.2) is 0 Å². The fourth-order valence-electron chi connectivity index (χ4n) is 3.91. The molecule has 3 N–H and O–H groups in total. The Morgan fingerprint density at radius 1 is 1.35 bits per heavy atom. The minimum Gasteiger partial charge on any atom is -0.466 e. The lowest BCUT2D eigenvalue weighted by molar-refractivity contribution is -0.177. The molecule has 146 valence electrons. The van der Waals surface area contributed by atoms with Gasteiger partial charge in [-0.1, -0.05) is 6.58 Å². The first-order valence-electron chi connectivity index (χ1n) is 8.70. The SMILES string of the molecule is C=C(C(=O)OC)C1C(OC(=O)C(C)CO)CC2C(O)CCC(=O)C2C1O. The summed E-state index contributed by atoms with van der Waals surface area (Å²) in [5, 5.41) is 30.2. The molecule has 2 aliphatic carbocycles. The Morgan fingerprint density at radius 2 is 2.00 bits per heavy atom. The zero-order valence-electron chi connectivity index (χ0n) is 15.0. The highest BCUT2D eigenvalue weighted by molar-refractivity contribution is 5.89. The number of carbonyl (C=O) groups excluding carboxylic acids is 3. The van der Waals surface area contributed by atoms with Crippen molar-refractivity contribution >= 4 is 17.7 Å². The molecule has 0 bridgehead atoms. The summed E-state index contributed by atoms with van der Waals surface area (Å²) in [6.45, 7) is 4.72. The number of ether oxygens (including phenoxy) is 2. The molecular formula is C18H26O8. The van der Waals surface area contributed by atoms with Crippen molar-refractivity contribution in [2.45, 2.75) is 44.5 Å². The molecular weight excluding hydrogens is 344 g/mol. The van der Waals surface area contributed by atoms with Gasteiger partial charge in [-0.05, 0) is 19.8 Å². The third kappa shape index (κ3) is 3.82. The van der Waals surface area contributed by atoms with Crippen LogP contribution in [0.25, 0.3) is 0 Å². The Hall–Kier alpha value is -1.77. The van der Waals surface area contributed by atoms with E-state index in [0.29, 0.717) is 0 Å². The molecule has 0 aromatic carbocycles. The van der Waals surface area contributed by atoms with Crippen LogP contribution < -0.4 is 0 Å². The van der Waals surface area contributed by atoms with Crippen molar-refractivity contribution in [1.29, 1.82) is 0 Å². The summed E-state index contributed by atoms with van der Waals surface area (Å²) in [6, 6.07) is 0. The number of fused-ring (bicyclic) bond motifs is 1. The second kappa shape index (κ2) is 8.28. The van der Waals surface area contributed by atoms with E-state index in [4.69, 9.17) is 9.84 Å². The molecule has 0 heterocycles. The van der Waals surface area contributed by atoms with Gasteiger partial charge in [0.05, 0.1) is 37.8 Å². The summed E-state index contributed by atoms with van der Waals surface area (Å²) >= 11 is 0. The van der Waals surface area contributed by atoms with Gasteiger partial charge < -0.3 is 24.8 Å². The van der Waals surface area contributed by atoms with Crippen molar-refractivity contribution in [3.05, 3.63) is 12.2 Å². The summed E-state index contributed by atoms with van der Waals surface area (Å²) in [6.07, 6.45) is -2.56. The van der Waals surface area contributed by atoms with Gasteiger partial charge in [-0.25, -0.2) is 4.79 Å². The van der Waals surface area contributed by atoms with Crippen LogP contribution in [-0.2, 0) is 23.9 Å². The van der Waals surface area contributed by atoms with E-state index in [-0.39, 0.29) is 30.6 Å². The maximum atomic E-state index is 12.3. The summed E-state index contributed by atoms with van der Waals surface area (Å²) < 4.78 is 10.1. The largest absolute Gasteiger partial charge is 0.466 e. The maximum absolute atomic E-state index is 12.3. The fourth-order valence-corrected chi connectivity index (χ4v) is 3.91. The Kier molecular flexibility index (Phi) is 6.54. The lowest BCUT2D eigenvalue weighted by Gasteiger charge is -2.47. The van der Waals surface area contributed by atoms with Crippen molar-refractivity contribution < 1.29 is 39.2 Å². The van der Waals surface area contributed by atoms with Gasteiger partial charge in [-0.2, -0.15) is 0 Å². The van der Waals surface area contributed by atoms with Crippen LogP contribution in [0, 0.1) is 23.7 Å². The van der Waals surface area contributed by atoms with Gasteiger partial charge in [0, 0.05) is 23.8 Å². The van der Waals surface area contributed by atoms with Gasteiger partial charge in [0.2, 0.25) is 0 Å². The van der Waals surface area contributed by atoms with E-state index in [2.05, 4.69) is 11.3 Å². The summed E-state index contributed by atoms with van der Waals surface area (Å²) in [4.78, 5) is 36.4. The van der Waals surface area contributed by atoms with Gasteiger partial charge in [-0.3, -0.25) is 9.59 Å². The Labute approximate surface area is 151 Å². The molecule has 0 aromatic heterocycles. The lowest BCUT2D eigenvalue weighted by atomic mass is 9.61. The molecule has 0 aliphatic heterocycles. The number of esters is 2. The molecule has 2 aliphatic rings. The summed E-state index contributed by atoms with van der Waals surface area (Å²) in [7, 11) is 1.16. The van der Waals surface area contributed by atoms with Crippen LogP contribution in [0.5, 0.6) is 0 Å². The van der Waals surface area contributed by atoms with E-state index >= 15 is 0 Å². The molecule has 2 saturated carbocycles. The van der Waals surface area contributed by atoms with Crippen LogP contribution in [0.2, 0.25) is 0 Å². The molecule has 0 aromatic rings. The second-order valence-electron chi connectivity index (χ2n) is 7.09. The van der Waals surface area contributed by atoms with Crippen LogP contribution in [0.3, 0.4) is 0 Å². The fraction of sp³-hybridized carbons (Fsp3) is 0.722. The molecule has 7 unspecified atom stereocenters. The Bertz CT molecular complexity index is 586. The van der Waals surface area contributed by atoms with E-state index in [0.717, 1.165) is 7.11 Å². The number of hydrogen-bond donors (Lipinski definition) is 3. The van der Waals surface area contributed by atoms with E-state index in [1.165, 1.54) is 6.92 Å². The van der Waals surface area contributed by atoms with Crippen molar-refractivity contribution in [2.75, 3.05) is 13.7 Å². The number of ketones is 1. The number of aliphatic hydroxyl groups excluding tert-OH is 3. The molecule has 8 heteroatoms. The zero-order valence-corrected chi connectivity index (χ0v) is 15.0. The van der Waals surface area contributed by atoms with Crippen molar-refractivity contribution in [2.24, 2.45) is 23.7 Å². The number of carbonyl (C=O) groups is 3. The summed E-state index contributed by atoms with van der Waals surface area (Å²) in [5.41, 5.74) is -0.0965. The average Bonchev–Trinajstić information content (AvgIpc) is 2.62. The van der Waals surface area contributed by atoms with Gasteiger partial charge in [0.1, 0.15) is 11.9 Å². The highest BCUT2D eigenvalue weighted by Gasteiger charge is 2.54. The van der Waals surface area contributed by atoms with Crippen molar-refractivity contribution in [3.63, 3.8) is 0 Å². The summed E-state index contributed by atoms with van der Waals surface area (Å²) in [5.74, 6) is -4.88. The highest BCUT2D eigenvalue weighted by atomic mass is 16.5. The molecule has 26 heavy (non-hydrogen) atoms. The third-order valence-corrected chi connectivity index (χ3v) is 5.45. The van der Waals surface area contributed by atoms with Crippen LogP contribution in [-0.4, -0.2) is 65.1 Å². The van der Waals surface area contributed by atoms with Gasteiger partial charge in [-0.15, -0.1) is 0 Å². The second-order valence-corrected chi connectivity index (χ2v) is 7.09. The molecule has 8 nitrogen and oxygen atoms in total. The van der Waals surface area contributed by atoms with Gasteiger partial charge in [0.25, 0.3) is 0 Å². The smallest absolute Gasteiger partial charge is 0.333 e. The third-order valence-electron chi connectivity index (χ3n) is 5.45. The molecule has 0 amide bonds. The topological polar surface area (TPSA) is 130 Å². The quantitative estimate of drug-likeness (QED) is 0.440. The molecule has 0 saturated heterocycles. The molecule has 7 atom stereocenters. The maximum Gasteiger partial charge on any atom is 0.333 e. The van der Waals surface area contributed by atoms with Crippen molar-refractivity contribution in [1.82, 2.24) is 0 Å². The van der Waals surface area contributed by atoms with Gasteiger partial charge >= 0.3 is 11.9 Å². The predicted octanol–water partition coefficient (Wildman–Crippen LogP) is -0.407. The minimum atomic E-state index is -1.33. The van der Waals surface area contributed by atoms with Crippen LogP contribution in [0.15, 0.2) is 12.2 Å². The highest BCUT2D eigenvalue weighted by Crippen LogP contribution is 2.45. The van der Waals surface area contributed by atoms with Crippen LogP contribution >= 0.6 is 0 Å². The standard InChI is InChI=1S/C18H26O8/c1-8(7-19)17(23)26-13-6-10-11(20)4-5-12(21)15(10)16(22)14(13)9(2)18(24)25-3/h8,10-11,13-16,19-20,22H,2,4-7H2,1,3H3. The van der Waals surface area contributed by atoms with Crippen molar-refractivity contribution in [3.8, 4) is 0 Å². The molecule has 0 radical (unpaired) electrons. The van der Waals surface area contributed by atoms with E-state index in [1.54, 1.807) is 0 Å². The lowest BCUT2D eigenvalue weighted by Crippen LogP contribution is -2.57. The zero-order chi connectivity index (χ0) is 19.6. The molecule has 0 spiro atoms. The number of aliphatic hydroxyl groups is 3. The molecule has 2 fully saturated rings. The normalized spacial score (nSPS) is 35.2. The predicted molar refractivity (Wildman–Crippen MR) is 88.6 cm³/mol. The monoisotopic (exact) mass is 370 g/mol. The molecule has 2 rings (SSSR count). The first kappa shape index (κ1) is 20.5. The number of hydrogen-bond acceptors (Lipinski definition) is 8. The average molecular weight is 370 g/mol. The first-order valence-corrected chi connectivity index (χ1v) is 8.70. The first-order chi connectivity index (χ1) is 12.2. The Morgan fingerprint density at radius 3 is 2.58 bits per heavy atom. The number of methoxy groups -OCH3 is 1. The minimum absolute atomic E-state index is 0.0965. The van der Waals surface area contributed by atoms with Crippen LogP contribution in [0.1, 0.15) is 26.2 Å². The van der Waals surface area contributed by atoms with E-state index in [1.807, 2.05) is 0 Å². The number of Topliss-reactive ketones (excluding diaryl/α,β-unsaturated/α-hetero) is 1. The van der Waals surface area contributed by atoms with E-state index < -0.39 is 60.5 Å². The van der Waals surface area contributed by atoms with Crippen LogP contribution in [0.4, 0.5) is 0 Å².